The summed E-state index contributed by atoms with van der Waals surface area (Å²) < 4.78 is 0. The molecule has 1 aromatic rings. The smallest absolute Gasteiger partial charge is 0.325 e. The fraction of sp³-hybridized carbons (Fsp3) is 0.571. The highest BCUT2D eigenvalue weighted by atomic mass is 35.5. The Hall–Kier alpha value is -2.12. The number of urea groups is 1. The van der Waals surface area contributed by atoms with Crippen molar-refractivity contribution in [3.8, 4) is 0 Å². The molecule has 1 aliphatic carbocycles. The van der Waals surface area contributed by atoms with Gasteiger partial charge in [0, 0.05) is 10.7 Å². The average molecular weight is 421 g/mol. The molecule has 7 nitrogen and oxygen atoms in total. The van der Waals surface area contributed by atoms with E-state index < -0.39 is 5.54 Å². The van der Waals surface area contributed by atoms with Crippen LogP contribution < -0.4 is 10.6 Å². The van der Waals surface area contributed by atoms with Gasteiger partial charge < -0.3 is 10.6 Å². The Labute approximate surface area is 176 Å². The van der Waals surface area contributed by atoms with E-state index in [0.717, 1.165) is 18.4 Å². The minimum atomic E-state index is -0.761. The zero-order chi connectivity index (χ0) is 21.2. The van der Waals surface area contributed by atoms with Gasteiger partial charge >= 0.3 is 6.03 Å². The molecule has 2 aliphatic rings. The number of likely N-dealkylation sites (N-methyl/N-ethyl adjacent to an activating group) is 1. The summed E-state index contributed by atoms with van der Waals surface area (Å²) in [5.41, 5.74) is 0.806. The molecule has 0 radical (unpaired) electrons. The summed E-state index contributed by atoms with van der Waals surface area (Å²) in [5.74, 6) is 0.189. The number of amides is 4. The number of imide groups is 1. The summed E-state index contributed by atoms with van der Waals surface area (Å²) in [6.07, 6.45) is 3.21. The van der Waals surface area contributed by atoms with Gasteiger partial charge in [-0.3, -0.25) is 14.5 Å². The van der Waals surface area contributed by atoms with Gasteiger partial charge in [0.15, 0.2) is 0 Å². The van der Waals surface area contributed by atoms with Crippen molar-refractivity contribution in [1.29, 1.82) is 0 Å². The van der Waals surface area contributed by atoms with Crippen LogP contribution in [0.5, 0.6) is 0 Å². The van der Waals surface area contributed by atoms with Crippen LogP contribution in [0.15, 0.2) is 18.2 Å². The minimum Gasteiger partial charge on any atom is -0.325 e. The van der Waals surface area contributed by atoms with E-state index in [-0.39, 0.29) is 31.1 Å². The van der Waals surface area contributed by atoms with Crippen LogP contribution in [0.25, 0.3) is 0 Å². The molecule has 158 valence electrons. The summed E-state index contributed by atoms with van der Waals surface area (Å²) in [6, 6.07) is 4.95. The molecule has 0 atom stereocenters. The van der Waals surface area contributed by atoms with Crippen molar-refractivity contribution in [3.05, 3.63) is 28.8 Å². The largest absolute Gasteiger partial charge is 0.326 e. The molecule has 0 bridgehead atoms. The number of hydrogen-bond donors (Lipinski definition) is 2. The zero-order valence-corrected chi connectivity index (χ0v) is 18.0. The van der Waals surface area contributed by atoms with Crippen molar-refractivity contribution in [2.75, 3.05) is 25.1 Å². The Bertz CT molecular complexity index is 805. The molecule has 8 heteroatoms. The van der Waals surface area contributed by atoms with Crippen LogP contribution in [0.1, 0.15) is 45.1 Å². The molecule has 2 N–H and O–H groups in total. The van der Waals surface area contributed by atoms with Crippen LogP contribution in [0.2, 0.25) is 5.02 Å². The first kappa shape index (κ1) is 21.6. The maximum absolute atomic E-state index is 13.0. The lowest BCUT2D eigenvalue weighted by Gasteiger charge is -2.34. The summed E-state index contributed by atoms with van der Waals surface area (Å²) in [5, 5.41) is 6.32. The fourth-order valence-electron chi connectivity index (χ4n) is 3.98. The van der Waals surface area contributed by atoms with Gasteiger partial charge in [-0.1, -0.05) is 31.5 Å². The Morgan fingerprint density at radius 1 is 1.34 bits per heavy atom. The predicted octanol–water partition coefficient (Wildman–Crippen LogP) is 3.37. The molecule has 1 aliphatic heterocycles. The summed E-state index contributed by atoms with van der Waals surface area (Å²) in [4.78, 5) is 41.0. The van der Waals surface area contributed by atoms with E-state index in [4.69, 9.17) is 11.6 Å². The molecule has 0 aromatic heterocycles. The van der Waals surface area contributed by atoms with Crippen LogP contribution in [0.4, 0.5) is 10.5 Å². The molecule has 3 rings (SSSR count). The lowest BCUT2D eigenvalue weighted by atomic mass is 9.77. The normalized spacial score (nSPS) is 24.3. The number of aryl methyl sites for hydroxylation is 1. The number of nitrogens with one attached hydrogen (secondary N) is 2. The van der Waals surface area contributed by atoms with Crippen LogP contribution in [0.3, 0.4) is 0 Å². The molecule has 1 heterocycles. The number of anilines is 1. The second-order valence-corrected chi connectivity index (χ2v) is 8.66. The molecule has 29 heavy (non-hydrogen) atoms. The number of nitrogens with zero attached hydrogens (tertiary/aromatic N) is 2. The third-order valence-electron chi connectivity index (χ3n) is 6.00. The molecule has 4 amide bonds. The lowest BCUT2D eigenvalue weighted by Crippen LogP contribution is -2.50. The summed E-state index contributed by atoms with van der Waals surface area (Å²) in [7, 11) is 0. The minimum absolute atomic E-state index is 0.0730. The number of halogens is 1. The topological polar surface area (TPSA) is 81.8 Å². The van der Waals surface area contributed by atoms with E-state index >= 15 is 0 Å². The third-order valence-corrected chi connectivity index (χ3v) is 6.24. The first-order valence-electron chi connectivity index (χ1n) is 10.2. The number of hydrogen-bond acceptors (Lipinski definition) is 4. The Morgan fingerprint density at radius 2 is 2.03 bits per heavy atom. The SMILES string of the molecule is CCN(CC(=O)Nc1cc(Cl)ccc1C)CN1C(=O)NC2(CCC(C)CC2)C1=O. The van der Waals surface area contributed by atoms with E-state index in [0.29, 0.717) is 36.0 Å². The van der Waals surface area contributed by atoms with Crippen molar-refractivity contribution >= 4 is 35.1 Å². The zero-order valence-electron chi connectivity index (χ0n) is 17.3. The van der Waals surface area contributed by atoms with Gasteiger partial charge in [0.05, 0.1) is 13.2 Å². The maximum atomic E-state index is 13.0. The molecule has 2 fully saturated rings. The van der Waals surface area contributed by atoms with Crippen LogP contribution in [0, 0.1) is 12.8 Å². The Kier molecular flexibility index (Phi) is 6.49. The van der Waals surface area contributed by atoms with Crippen molar-refractivity contribution in [3.63, 3.8) is 0 Å². The van der Waals surface area contributed by atoms with Gasteiger partial charge in [-0.2, -0.15) is 0 Å². The number of rotatable bonds is 6. The van der Waals surface area contributed by atoms with Crippen molar-refractivity contribution < 1.29 is 14.4 Å². The molecular weight excluding hydrogens is 392 g/mol. The third kappa shape index (κ3) is 4.73. The number of carbonyl (C=O) groups is 3. The second kappa shape index (κ2) is 8.71. The maximum Gasteiger partial charge on any atom is 0.326 e. The highest BCUT2D eigenvalue weighted by Gasteiger charge is 2.52. The molecule has 1 saturated heterocycles. The van der Waals surface area contributed by atoms with Crippen molar-refractivity contribution in [1.82, 2.24) is 15.1 Å². The summed E-state index contributed by atoms with van der Waals surface area (Å²) >= 11 is 6.01. The Morgan fingerprint density at radius 3 is 2.69 bits per heavy atom. The van der Waals surface area contributed by atoms with E-state index in [1.54, 1.807) is 17.0 Å². The molecule has 1 aromatic carbocycles. The molecular formula is C21H29ClN4O3. The van der Waals surface area contributed by atoms with Gasteiger partial charge in [-0.05, 0) is 62.8 Å². The van der Waals surface area contributed by atoms with E-state index in [9.17, 15) is 14.4 Å². The van der Waals surface area contributed by atoms with Gasteiger partial charge in [0.2, 0.25) is 5.91 Å². The Balaban J connectivity index is 1.62. The van der Waals surface area contributed by atoms with Gasteiger partial charge in [-0.15, -0.1) is 0 Å². The van der Waals surface area contributed by atoms with Gasteiger partial charge in [-0.25, -0.2) is 9.69 Å². The van der Waals surface area contributed by atoms with Crippen LogP contribution in [-0.2, 0) is 9.59 Å². The fourth-order valence-corrected chi connectivity index (χ4v) is 4.15. The summed E-state index contributed by atoms with van der Waals surface area (Å²) in [6.45, 7) is 6.66. The number of benzene rings is 1. The number of carbonyl (C=O) groups excluding carboxylic acids is 3. The van der Waals surface area contributed by atoms with Gasteiger partial charge in [0.1, 0.15) is 5.54 Å². The first-order chi connectivity index (χ1) is 13.7. The lowest BCUT2D eigenvalue weighted by molar-refractivity contribution is -0.134. The first-order valence-corrected chi connectivity index (χ1v) is 10.5. The molecule has 0 unspecified atom stereocenters. The van der Waals surface area contributed by atoms with Crippen LogP contribution >= 0.6 is 11.6 Å². The standard InChI is InChI=1S/C21H29ClN4O3/c1-4-25(12-18(27)23-17-11-16(22)6-5-15(17)3)13-26-19(28)21(24-20(26)29)9-7-14(2)8-10-21/h5-6,11,14H,4,7-10,12-13H2,1-3H3,(H,23,27)(H,24,29). The van der Waals surface area contributed by atoms with E-state index in [2.05, 4.69) is 17.6 Å². The van der Waals surface area contributed by atoms with Gasteiger partial charge in [0.25, 0.3) is 5.91 Å². The predicted molar refractivity (Wildman–Crippen MR) is 113 cm³/mol. The van der Waals surface area contributed by atoms with Crippen molar-refractivity contribution in [2.24, 2.45) is 5.92 Å². The van der Waals surface area contributed by atoms with E-state index in [1.165, 1.54) is 4.90 Å². The highest BCUT2D eigenvalue weighted by molar-refractivity contribution is 6.31. The average Bonchev–Trinajstić information content (AvgIpc) is 2.90. The van der Waals surface area contributed by atoms with E-state index in [1.807, 2.05) is 19.9 Å². The molecule has 1 saturated carbocycles. The van der Waals surface area contributed by atoms with Crippen molar-refractivity contribution in [2.45, 2.75) is 52.0 Å². The quantitative estimate of drug-likeness (QED) is 0.691. The second-order valence-electron chi connectivity index (χ2n) is 8.22. The highest BCUT2D eigenvalue weighted by Crippen LogP contribution is 2.36. The van der Waals surface area contributed by atoms with Crippen LogP contribution in [-0.4, -0.2) is 52.9 Å². The monoisotopic (exact) mass is 420 g/mol. The molecule has 1 spiro atoms.